The quantitative estimate of drug-likeness (QED) is 0.610. The highest BCUT2D eigenvalue weighted by molar-refractivity contribution is 6.00. The highest BCUT2D eigenvalue weighted by Crippen LogP contribution is 2.30. The van der Waals surface area contributed by atoms with Crippen molar-refractivity contribution in [3.63, 3.8) is 0 Å². The fourth-order valence-electron chi connectivity index (χ4n) is 2.37. The Kier molecular flexibility index (Phi) is 3.05. The molecule has 0 bridgehead atoms. The summed E-state index contributed by atoms with van der Waals surface area (Å²) in [6.07, 6.45) is 0. The summed E-state index contributed by atoms with van der Waals surface area (Å²) in [7, 11) is 0. The van der Waals surface area contributed by atoms with Crippen molar-refractivity contribution in [3.8, 4) is 0 Å². The molecule has 1 aromatic rings. The molecule has 1 aliphatic rings. The smallest absolute Gasteiger partial charge is 0.136 e. The zero-order valence-electron chi connectivity index (χ0n) is 10.2. The maximum atomic E-state index is 13.7. The Morgan fingerprint density at radius 2 is 1.94 bits per heavy atom. The van der Waals surface area contributed by atoms with E-state index in [-0.39, 0.29) is 11.4 Å². The van der Waals surface area contributed by atoms with Gasteiger partial charge in [0, 0.05) is 13.1 Å². The van der Waals surface area contributed by atoms with E-state index in [4.69, 9.17) is 11.1 Å². The van der Waals surface area contributed by atoms with Crippen LogP contribution in [0.15, 0.2) is 18.2 Å². The molecule has 92 valence electrons. The number of nitrogens with two attached hydrogens (primary N) is 1. The van der Waals surface area contributed by atoms with E-state index in [2.05, 4.69) is 18.7 Å². The van der Waals surface area contributed by atoms with Gasteiger partial charge in [0.05, 0.1) is 11.3 Å². The van der Waals surface area contributed by atoms with E-state index in [0.717, 1.165) is 18.8 Å². The number of anilines is 1. The molecule has 0 aliphatic carbocycles. The van der Waals surface area contributed by atoms with Gasteiger partial charge in [0.25, 0.3) is 0 Å². The monoisotopic (exact) mass is 235 g/mol. The molecule has 1 heterocycles. The third-order valence-electron chi connectivity index (χ3n) is 3.59. The van der Waals surface area contributed by atoms with Crippen LogP contribution in [0, 0.1) is 23.1 Å². The van der Waals surface area contributed by atoms with Crippen LogP contribution >= 0.6 is 0 Å². The van der Waals surface area contributed by atoms with Crippen LogP contribution in [-0.2, 0) is 0 Å². The summed E-state index contributed by atoms with van der Waals surface area (Å²) in [6.45, 7) is 6.17. The van der Waals surface area contributed by atoms with Crippen LogP contribution in [0.1, 0.15) is 19.4 Å². The maximum Gasteiger partial charge on any atom is 0.136 e. The molecule has 1 aromatic carbocycles. The number of nitrogen functional groups attached to an aromatic ring is 1. The molecular formula is C13H18FN3. The number of nitrogens with one attached hydrogen (secondary N) is 1. The molecule has 0 radical (unpaired) electrons. The lowest BCUT2D eigenvalue weighted by Crippen LogP contribution is -2.25. The Morgan fingerprint density at radius 3 is 2.47 bits per heavy atom. The number of benzene rings is 1. The highest BCUT2D eigenvalue weighted by Gasteiger charge is 2.28. The maximum absolute atomic E-state index is 13.7. The molecule has 0 amide bonds. The number of halogens is 1. The average Bonchev–Trinajstić information content (AvgIpc) is 2.58. The molecule has 0 aromatic heterocycles. The van der Waals surface area contributed by atoms with Crippen molar-refractivity contribution in [3.05, 3.63) is 29.6 Å². The van der Waals surface area contributed by atoms with E-state index in [0.29, 0.717) is 11.8 Å². The Labute approximate surface area is 101 Å². The fraction of sp³-hybridized carbons (Fsp3) is 0.462. The molecular weight excluding hydrogens is 217 g/mol. The summed E-state index contributed by atoms with van der Waals surface area (Å²) in [4.78, 5) is 2.12. The van der Waals surface area contributed by atoms with Gasteiger partial charge in [-0.15, -0.1) is 0 Å². The lowest BCUT2D eigenvalue weighted by Gasteiger charge is -2.21. The van der Waals surface area contributed by atoms with E-state index >= 15 is 0 Å². The zero-order chi connectivity index (χ0) is 12.6. The minimum absolute atomic E-state index is 0.203. The molecule has 1 aliphatic heterocycles. The van der Waals surface area contributed by atoms with Crippen molar-refractivity contribution < 1.29 is 4.39 Å². The first-order valence-corrected chi connectivity index (χ1v) is 5.88. The van der Waals surface area contributed by atoms with Gasteiger partial charge in [0.2, 0.25) is 0 Å². The zero-order valence-corrected chi connectivity index (χ0v) is 10.2. The molecule has 2 rings (SSSR count). The second kappa shape index (κ2) is 4.35. The highest BCUT2D eigenvalue weighted by atomic mass is 19.1. The molecule has 0 saturated carbocycles. The van der Waals surface area contributed by atoms with Gasteiger partial charge >= 0.3 is 0 Å². The van der Waals surface area contributed by atoms with Gasteiger partial charge in [0.1, 0.15) is 11.7 Å². The summed E-state index contributed by atoms with van der Waals surface area (Å²) in [6, 6.07) is 4.86. The van der Waals surface area contributed by atoms with E-state index < -0.39 is 5.82 Å². The van der Waals surface area contributed by atoms with E-state index in [1.54, 1.807) is 6.07 Å². The standard InChI is InChI=1S/C13H18FN3/c1-8-6-17(7-9(8)2)11-5-3-4-10(14)12(11)13(15)16/h3-5,8-9H,6-7H2,1-2H3,(H3,15,16). The van der Waals surface area contributed by atoms with Crippen LogP contribution in [0.25, 0.3) is 0 Å². The summed E-state index contributed by atoms with van der Waals surface area (Å²) in [5.41, 5.74) is 6.44. The lowest BCUT2D eigenvalue weighted by molar-refractivity contribution is 0.494. The van der Waals surface area contributed by atoms with Crippen molar-refractivity contribution >= 4 is 11.5 Å². The summed E-state index contributed by atoms with van der Waals surface area (Å²) < 4.78 is 13.7. The van der Waals surface area contributed by atoms with Crippen molar-refractivity contribution in [2.75, 3.05) is 18.0 Å². The summed E-state index contributed by atoms with van der Waals surface area (Å²) in [5.74, 6) is 0.545. The largest absolute Gasteiger partial charge is 0.384 e. The minimum Gasteiger partial charge on any atom is -0.384 e. The van der Waals surface area contributed by atoms with Gasteiger partial charge in [0.15, 0.2) is 0 Å². The van der Waals surface area contributed by atoms with Gasteiger partial charge in [-0.05, 0) is 24.0 Å². The predicted octanol–water partition coefficient (Wildman–Crippen LogP) is 2.20. The first kappa shape index (κ1) is 11.9. The Hall–Kier alpha value is -1.58. The Bertz CT molecular complexity index is 434. The predicted molar refractivity (Wildman–Crippen MR) is 68.0 cm³/mol. The third-order valence-corrected chi connectivity index (χ3v) is 3.59. The molecule has 2 unspecified atom stereocenters. The number of rotatable bonds is 2. The third kappa shape index (κ3) is 2.12. The molecule has 2 atom stereocenters. The van der Waals surface area contributed by atoms with Crippen LogP contribution in [-0.4, -0.2) is 18.9 Å². The van der Waals surface area contributed by atoms with Crippen LogP contribution < -0.4 is 10.6 Å². The van der Waals surface area contributed by atoms with Crippen molar-refractivity contribution in [2.24, 2.45) is 17.6 Å². The van der Waals surface area contributed by atoms with E-state index in [9.17, 15) is 4.39 Å². The molecule has 17 heavy (non-hydrogen) atoms. The topological polar surface area (TPSA) is 53.1 Å². The molecule has 3 N–H and O–H groups in total. The normalized spacial score (nSPS) is 24.1. The van der Waals surface area contributed by atoms with E-state index in [1.165, 1.54) is 6.07 Å². The first-order chi connectivity index (χ1) is 8.00. The summed E-state index contributed by atoms with van der Waals surface area (Å²) >= 11 is 0. The molecule has 3 nitrogen and oxygen atoms in total. The number of nitrogens with zero attached hydrogens (tertiary/aromatic N) is 1. The molecule has 1 saturated heterocycles. The van der Waals surface area contributed by atoms with Gasteiger partial charge < -0.3 is 10.6 Å². The fourth-order valence-corrected chi connectivity index (χ4v) is 2.37. The van der Waals surface area contributed by atoms with Crippen molar-refractivity contribution in [1.29, 1.82) is 5.41 Å². The number of amidine groups is 1. The molecule has 0 spiro atoms. The van der Waals surface area contributed by atoms with E-state index in [1.807, 2.05) is 6.07 Å². The SMILES string of the molecule is CC1CN(c2cccc(F)c2C(=N)N)CC1C. The van der Waals surface area contributed by atoms with Gasteiger partial charge in [-0.1, -0.05) is 19.9 Å². The number of hydrogen-bond donors (Lipinski definition) is 2. The van der Waals surface area contributed by atoms with Crippen LogP contribution in [0.3, 0.4) is 0 Å². The van der Waals surface area contributed by atoms with Gasteiger partial charge in [-0.3, -0.25) is 5.41 Å². The second-order valence-electron chi connectivity index (χ2n) is 4.91. The minimum atomic E-state index is -0.415. The lowest BCUT2D eigenvalue weighted by atomic mass is 10.0. The van der Waals surface area contributed by atoms with Crippen molar-refractivity contribution in [2.45, 2.75) is 13.8 Å². The van der Waals surface area contributed by atoms with Crippen LogP contribution in [0.4, 0.5) is 10.1 Å². The van der Waals surface area contributed by atoms with Crippen molar-refractivity contribution in [1.82, 2.24) is 0 Å². The molecule has 1 fully saturated rings. The van der Waals surface area contributed by atoms with Crippen LogP contribution in [0.2, 0.25) is 0 Å². The molecule has 4 heteroatoms. The Balaban J connectivity index is 2.39. The number of hydrogen-bond acceptors (Lipinski definition) is 2. The first-order valence-electron chi connectivity index (χ1n) is 5.88. The van der Waals surface area contributed by atoms with Gasteiger partial charge in [-0.2, -0.15) is 0 Å². The second-order valence-corrected chi connectivity index (χ2v) is 4.91. The summed E-state index contributed by atoms with van der Waals surface area (Å²) in [5, 5.41) is 7.49. The Morgan fingerprint density at radius 1 is 1.35 bits per heavy atom. The van der Waals surface area contributed by atoms with Crippen LogP contribution in [0.5, 0.6) is 0 Å². The average molecular weight is 235 g/mol. The van der Waals surface area contributed by atoms with Gasteiger partial charge in [-0.25, -0.2) is 4.39 Å².